The van der Waals surface area contributed by atoms with E-state index in [1.165, 1.54) is 0 Å². The molecule has 12 nitrogen and oxygen atoms in total. The largest absolute Gasteiger partial charge is 0.345 e. The van der Waals surface area contributed by atoms with Crippen molar-refractivity contribution in [3.8, 4) is 11.4 Å². The summed E-state index contributed by atoms with van der Waals surface area (Å²) in [5.74, 6) is 0.390. The lowest BCUT2D eigenvalue weighted by Crippen LogP contribution is -2.47. The highest BCUT2D eigenvalue weighted by atomic mass is 16.2. The maximum absolute atomic E-state index is 13.6. The molecule has 0 spiro atoms. The second kappa shape index (κ2) is 13.1. The first kappa shape index (κ1) is 29.7. The van der Waals surface area contributed by atoms with Crippen molar-refractivity contribution >= 4 is 28.8 Å². The molecule has 3 N–H and O–H groups in total. The number of aromatic amines is 1. The SMILES string of the molecule is CC(C)[C@@H]1NC(=O)[C@@H](C)NC(=O)CCCN(C(=O)CCn2c(=O)[nH]c3ccccc32)CCn2nc(-c3ccccc3)nc21. The molecule has 12 heteroatoms. The van der Waals surface area contributed by atoms with E-state index in [0.29, 0.717) is 37.7 Å². The number of hydrogen-bond donors (Lipinski definition) is 3. The number of nitrogens with zero attached hydrogens (tertiary/aromatic N) is 5. The Morgan fingerprint density at radius 3 is 2.49 bits per heavy atom. The van der Waals surface area contributed by atoms with Crippen LogP contribution in [0.4, 0.5) is 0 Å². The number of H-pyrrole nitrogens is 1. The Balaban J connectivity index is 1.43. The fraction of sp³-hybridized carbons (Fsp3) is 0.419. The minimum Gasteiger partial charge on any atom is -0.345 e. The van der Waals surface area contributed by atoms with E-state index < -0.39 is 12.1 Å². The predicted molar refractivity (Wildman–Crippen MR) is 162 cm³/mol. The normalized spacial score (nSPS) is 18.7. The molecule has 3 heterocycles. The molecule has 0 bridgehead atoms. The number of fused-ring (bicyclic) bond motifs is 2. The second-order valence-electron chi connectivity index (χ2n) is 11.2. The monoisotopic (exact) mass is 586 g/mol. The number of amides is 3. The predicted octanol–water partition coefficient (Wildman–Crippen LogP) is 2.62. The first-order valence-electron chi connectivity index (χ1n) is 14.8. The fourth-order valence-corrected chi connectivity index (χ4v) is 5.35. The summed E-state index contributed by atoms with van der Waals surface area (Å²) in [4.78, 5) is 61.3. The smallest absolute Gasteiger partial charge is 0.326 e. The zero-order valence-corrected chi connectivity index (χ0v) is 24.7. The van der Waals surface area contributed by atoms with Gasteiger partial charge in [-0.2, -0.15) is 5.10 Å². The highest BCUT2D eigenvalue weighted by molar-refractivity contribution is 5.87. The van der Waals surface area contributed by atoms with Gasteiger partial charge in [-0.05, 0) is 31.4 Å². The van der Waals surface area contributed by atoms with Crippen molar-refractivity contribution in [1.82, 2.24) is 39.8 Å². The van der Waals surface area contributed by atoms with Gasteiger partial charge >= 0.3 is 5.69 Å². The molecule has 2 atom stereocenters. The third kappa shape index (κ3) is 6.85. The zero-order chi connectivity index (χ0) is 30.5. The average Bonchev–Trinajstić information content (AvgIpc) is 3.56. The molecule has 0 fully saturated rings. The van der Waals surface area contributed by atoms with Crippen LogP contribution in [-0.2, 0) is 27.5 Å². The summed E-state index contributed by atoms with van der Waals surface area (Å²) in [6.45, 7) is 6.86. The van der Waals surface area contributed by atoms with Gasteiger partial charge < -0.3 is 20.5 Å². The summed E-state index contributed by atoms with van der Waals surface area (Å²) in [5.41, 5.74) is 2.04. The number of imidazole rings is 1. The van der Waals surface area contributed by atoms with Crippen LogP contribution in [0.25, 0.3) is 22.4 Å². The van der Waals surface area contributed by atoms with Gasteiger partial charge in [0.25, 0.3) is 0 Å². The second-order valence-corrected chi connectivity index (χ2v) is 11.2. The Labute approximate surface area is 249 Å². The molecule has 0 saturated carbocycles. The van der Waals surface area contributed by atoms with E-state index in [1.807, 2.05) is 68.4 Å². The summed E-state index contributed by atoms with van der Waals surface area (Å²) >= 11 is 0. The number of carbonyl (C=O) groups excluding carboxylic acids is 3. The van der Waals surface area contributed by atoms with Crippen LogP contribution in [0.2, 0.25) is 0 Å². The molecule has 3 amide bonds. The Hall–Kier alpha value is -4.74. The third-order valence-electron chi connectivity index (χ3n) is 7.74. The first-order chi connectivity index (χ1) is 20.7. The number of nitrogens with one attached hydrogen (secondary N) is 3. The number of benzene rings is 2. The first-order valence-corrected chi connectivity index (χ1v) is 14.8. The highest BCUT2D eigenvalue weighted by Gasteiger charge is 2.29. The number of para-hydroxylation sites is 2. The minimum absolute atomic E-state index is 0.0291. The van der Waals surface area contributed by atoms with Crippen molar-refractivity contribution in [2.45, 2.75) is 65.2 Å². The van der Waals surface area contributed by atoms with Crippen LogP contribution in [0.3, 0.4) is 0 Å². The average molecular weight is 587 g/mol. The standard InChI is InChI=1S/C31H38N8O4/c1-20(2)27-29-35-28(22-10-5-4-6-11-22)36-39(29)19-18-37(16-9-14-25(40)32-21(3)30(42)34-27)26(41)15-17-38-24-13-8-7-12-23(24)33-31(38)43/h4-8,10-13,20-21,27H,9,14-19H2,1-3H3,(H,32,40)(H,33,43)(H,34,42)/t21-,27+/m1/s1. The maximum Gasteiger partial charge on any atom is 0.326 e. The molecule has 2 aromatic carbocycles. The van der Waals surface area contributed by atoms with Gasteiger partial charge in [0.15, 0.2) is 11.6 Å². The van der Waals surface area contributed by atoms with Gasteiger partial charge in [0.05, 0.1) is 23.6 Å². The Morgan fingerprint density at radius 1 is 0.977 bits per heavy atom. The van der Waals surface area contributed by atoms with Crippen LogP contribution in [0.1, 0.15) is 51.9 Å². The summed E-state index contributed by atoms with van der Waals surface area (Å²) in [6.07, 6.45) is 0.714. The van der Waals surface area contributed by atoms with Crippen LogP contribution in [-0.4, -0.2) is 66.1 Å². The number of aromatic nitrogens is 5. The van der Waals surface area contributed by atoms with Gasteiger partial charge in [0, 0.05) is 38.0 Å². The van der Waals surface area contributed by atoms with Crippen molar-refractivity contribution in [2.75, 3.05) is 13.1 Å². The van der Waals surface area contributed by atoms with Gasteiger partial charge in [0.1, 0.15) is 6.04 Å². The molecule has 43 heavy (non-hydrogen) atoms. The topological polar surface area (TPSA) is 147 Å². The van der Waals surface area contributed by atoms with Crippen molar-refractivity contribution in [3.63, 3.8) is 0 Å². The zero-order valence-electron chi connectivity index (χ0n) is 24.7. The van der Waals surface area contributed by atoms with E-state index in [2.05, 4.69) is 15.6 Å². The lowest BCUT2D eigenvalue weighted by atomic mass is 10.0. The van der Waals surface area contributed by atoms with Crippen molar-refractivity contribution in [2.24, 2.45) is 5.92 Å². The van der Waals surface area contributed by atoms with Crippen LogP contribution >= 0.6 is 0 Å². The quantitative estimate of drug-likeness (QED) is 0.328. The Bertz CT molecular complexity index is 1650. The van der Waals surface area contributed by atoms with Crippen molar-refractivity contribution in [3.05, 3.63) is 70.9 Å². The van der Waals surface area contributed by atoms with Gasteiger partial charge in [0.2, 0.25) is 17.7 Å². The summed E-state index contributed by atoms with van der Waals surface area (Å²) in [7, 11) is 0. The third-order valence-corrected chi connectivity index (χ3v) is 7.74. The molecule has 1 aliphatic rings. The van der Waals surface area contributed by atoms with E-state index in [-0.39, 0.29) is 48.7 Å². The van der Waals surface area contributed by atoms with Gasteiger partial charge in [-0.15, -0.1) is 0 Å². The van der Waals surface area contributed by atoms with Gasteiger partial charge in [-0.3, -0.25) is 19.0 Å². The molecule has 4 aromatic rings. The minimum atomic E-state index is -0.742. The summed E-state index contributed by atoms with van der Waals surface area (Å²) in [5, 5.41) is 10.6. The van der Waals surface area contributed by atoms with Crippen LogP contribution in [0.5, 0.6) is 0 Å². The summed E-state index contributed by atoms with van der Waals surface area (Å²) in [6, 6.07) is 15.8. The Kier molecular flexibility index (Phi) is 9.03. The summed E-state index contributed by atoms with van der Waals surface area (Å²) < 4.78 is 3.34. The molecule has 2 aromatic heterocycles. The molecule has 0 radical (unpaired) electrons. The number of aryl methyl sites for hydroxylation is 1. The molecule has 1 aliphatic heterocycles. The van der Waals surface area contributed by atoms with Gasteiger partial charge in [-0.1, -0.05) is 56.3 Å². The lowest BCUT2D eigenvalue weighted by Gasteiger charge is -2.27. The number of carbonyl (C=O) groups is 3. The maximum atomic E-state index is 13.6. The van der Waals surface area contributed by atoms with E-state index in [0.717, 1.165) is 16.6 Å². The van der Waals surface area contributed by atoms with E-state index in [9.17, 15) is 19.2 Å². The van der Waals surface area contributed by atoms with Crippen molar-refractivity contribution < 1.29 is 14.4 Å². The molecule has 0 saturated heterocycles. The van der Waals surface area contributed by atoms with E-state index in [4.69, 9.17) is 10.1 Å². The van der Waals surface area contributed by atoms with Crippen LogP contribution in [0.15, 0.2) is 59.4 Å². The highest BCUT2D eigenvalue weighted by Crippen LogP contribution is 2.24. The van der Waals surface area contributed by atoms with Crippen LogP contribution in [0, 0.1) is 5.92 Å². The Morgan fingerprint density at radius 2 is 1.72 bits per heavy atom. The number of hydrogen-bond acceptors (Lipinski definition) is 6. The molecular weight excluding hydrogens is 548 g/mol. The van der Waals surface area contributed by atoms with Gasteiger partial charge in [-0.25, -0.2) is 14.5 Å². The van der Waals surface area contributed by atoms with Crippen molar-refractivity contribution in [1.29, 1.82) is 0 Å². The van der Waals surface area contributed by atoms with E-state index in [1.54, 1.807) is 21.1 Å². The molecule has 226 valence electrons. The molecule has 0 unspecified atom stereocenters. The molecular formula is C31H38N8O4. The van der Waals surface area contributed by atoms with Crippen LogP contribution < -0.4 is 16.3 Å². The molecule has 5 rings (SSSR count). The number of rotatable bonds is 5. The lowest BCUT2D eigenvalue weighted by molar-refractivity contribution is -0.132. The fourth-order valence-electron chi connectivity index (χ4n) is 5.35. The molecule has 0 aliphatic carbocycles. The van der Waals surface area contributed by atoms with E-state index >= 15 is 0 Å².